The molecule has 0 fully saturated rings. The summed E-state index contributed by atoms with van der Waals surface area (Å²) in [5.74, 6) is 0. The first-order chi connectivity index (χ1) is 3.80. The molecule has 0 N–H and O–H groups in total. The summed E-state index contributed by atoms with van der Waals surface area (Å²) in [7, 11) is 3.75. The van der Waals surface area contributed by atoms with Crippen LogP contribution in [0.3, 0.4) is 0 Å². The van der Waals surface area contributed by atoms with E-state index in [1.54, 1.807) is 17.4 Å². The lowest BCUT2D eigenvalue weighted by Crippen LogP contribution is -2.27. The Balaban J connectivity index is 2.77. The Hall–Kier alpha value is -1.06. The number of nitrogens with zero attached hydrogens (tertiary/aromatic N) is 4. The molecular weight excluding hydrogens is 104 g/mol. The van der Waals surface area contributed by atoms with Crippen molar-refractivity contribution in [1.29, 1.82) is 0 Å². The zero-order valence-corrected chi connectivity index (χ0v) is 4.94. The lowest BCUT2D eigenvalue weighted by atomic mass is 11.0. The SMILES string of the molecule is CN(C)n1nccn1. The molecule has 0 saturated heterocycles. The van der Waals surface area contributed by atoms with E-state index < -0.39 is 0 Å². The molecule has 0 unspecified atom stereocenters. The molecule has 0 aliphatic carbocycles. The molecule has 4 heteroatoms. The molecular formula is C4H8N4. The zero-order chi connectivity index (χ0) is 5.98. The fourth-order valence-corrected chi connectivity index (χ4v) is 0.415. The van der Waals surface area contributed by atoms with E-state index in [9.17, 15) is 0 Å². The largest absolute Gasteiger partial charge is 0.286 e. The standard InChI is InChI=1S/C4H8N4/c1-7(2)8-5-3-4-6-8/h3-4H,1-2H3. The third-order valence-electron chi connectivity index (χ3n) is 0.764. The van der Waals surface area contributed by atoms with Gasteiger partial charge in [-0.2, -0.15) is 0 Å². The van der Waals surface area contributed by atoms with Crippen LogP contribution < -0.4 is 5.01 Å². The minimum Gasteiger partial charge on any atom is -0.286 e. The first kappa shape index (κ1) is 5.08. The van der Waals surface area contributed by atoms with E-state index in [4.69, 9.17) is 0 Å². The fourth-order valence-electron chi connectivity index (χ4n) is 0.415. The number of aromatic nitrogens is 3. The molecule has 4 nitrogen and oxygen atoms in total. The lowest BCUT2D eigenvalue weighted by Gasteiger charge is -2.07. The number of hydrogen-bond donors (Lipinski definition) is 0. The van der Waals surface area contributed by atoms with Crippen LogP contribution in [0.2, 0.25) is 0 Å². The highest BCUT2D eigenvalue weighted by atomic mass is 15.7. The van der Waals surface area contributed by atoms with Gasteiger partial charge in [0.15, 0.2) is 0 Å². The molecule has 0 spiro atoms. The fraction of sp³-hybridized carbons (Fsp3) is 0.500. The summed E-state index contributed by atoms with van der Waals surface area (Å²) < 4.78 is 0. The van der Waals surface area contributed by atoms with Crippen LogP contribution in [-0.4, -0.2) is 29.2 Å². The van der Waals surface area contributed by atoms with Crippen LogP contribution >= 0.6 is 0 Å². The normalized spacial score (nSPS) is 9.25. The van der Waals surface area contributed by atoms with Crippen LogP contribution in [0.1, 0.15) is 0 Å². The van der Waals surface area contributed by atoms with Gasteiger partial charge in [-0.3, -0.25) is 5.01 Å². The predicted molar refractivity (Wildman–Crippen MR) is 30.1 cm³/mol. The van der Waals surface area contributed by atoms with Gasteiger partial charge in [-0.25, -0.2) is 0 Å². The van der Waals surface area contributed by atoms with E-state index in [0.717, 1.165) is 0 Å². The van der Waals surface area contributed by atoms with Gasteiger partial charge in [0.1, 0.15) is 0 Å². The van der Waals surface area contributed by atoms with Gasteiger partial charge in [-0.1, -0.05) is 4.91 Å². The van der Waals surface area contributed by atoms with Crippen molar-refractivity contribution in [2.45, 2.75) is 0 Å². The lowest BCUT2D eigenvalue weighted by molar-refractivity contribution is 0.555. The highest BCUT2D eigenvalue weighted by Gasteiger charge is 1.87. The van der Waals surface area contributed by atoms with Crippen molar-refractivity contribution in [3.63, 3.8) is 0 Å². The summed E-state index contributed by atoms with van der Waals surface area (Å²) in [6.45, 7) is 0. The molecule has 0 amide bonds. The van der Waals surface area contributed by atoms with E-state index in [-0.39, 0.29) is 0 Å². The first-order valence-corrected chi connectivity index (χ1v) is 2.34. The van der Waals surface area contributed by atoms with Crippen molar-refractivity contribution in [3.05, 3.63) is 12.4 Å². The second kappa shape index (κ2) is 1.81. The summed E-state index contributed by atoms with van der Waals surface area (Å²) in [5.41, 5.74) is 0. The monoisotopic (exact) mass is 112 g/mol. The molecule has 1 aromatic heterocycles. The Bertz CT molecular complexity index is 143. The Labute approximate surface area is 47.7 Å². The zero-order valence-electron chi connectivity index (χ0n) is 4.94. The molecule has 0 aromatic carbocycles. The van der Waals surface area contributed by atoms with Gasteiger partial charge in [0.2, 0.25) is 0 Å². The van der Waals surface area contributed by atoms with Gasteiger partial charge in [-0.05, 0) is 0 Å². The van der Waals surface area contributed by atoms with Gasteiger partial charge in [0, 0.05) is 14.1 Å². The Morgan fingerprint density at radius 1 is 1.25 bits per heavy atom. The second-order valence-electron chi connectivity index (χ2n) is 1.64. The average Bonchev–Trinajstić information content (AvgIpc) is 2.12. The highest BCUT2D eigenvalue weighted by Crippen LogP contribution is 1.73. The predicted octanol–water partition coefficient (Wildman–Crippen LogP) is -0.524. The van der Waals surface area contributed by atoms with Crippen LogP contribution in [0.4, 0.5) is 0 Å². The minimum absolute atomic E-state index is 1.50. The van der Waals surface area contributed by atoms with E-state index in [1.165, 1.54) is 4.91 Å². The van der Waals surface area contributed by atoms with Crippen molar-refractivity contribution in [1.82, 2.24) is 15.1 Å². The second-order valence-corrected chi connectivity index (χ2v) is 1.64. The van der Waals surface area contributed by atoms with Gasteiger partial charge < -0.3 is 0 Å². The van der Waals surface area contributed by atoms with Crippen molar-refractivity contribution in [3.8, 4) is 0 Å². The molecule has 1 aromatic rings. The van der Waals surface area contributed by atoms with Crippen molar-refractivity contribution < 1.29 is 0 Å². The maximum Gasteiger partial charge on any atom is 0.0714 e. The minimum atomic E-state index is 1.50. The quantitative estimate of drug-likeness (QED) is 0.490. The van der Waals surface area contributed by atoms with Gasteiger partial charge in [-0.15, -0.1) is 10.2 Å². The third kappa shape index (κ3) is 0.776. The summed E-state index contributed by atoms with van der Waals surface area (Å²) >= 11 is 0. The highest BCUT2D eigenvalue weighted by molar-refractivity contribution is 4.67. The molecule has 0 saturated carbocycles. The Kier molecular flexibility index (Phi) is 1.15. The van der Waals surface area contributed by atoms with E-state index in [2.05, 4.69) is 10.2 Å². The number of hydrogen-bond acceptors (Lipinski definition) is 3. The summed E-state index contributed by atoms with van der Waals surface area (Å²) in [6, 6.07) is 0. The first-order valence-electron chi connectivity index (χ1n) is 2.34. The molecule has 0 aliphatic rings. The summed E-state index contributed by atoms with van der Waals surface area (Å²) in [6.07, 6.45) is 3.28. The maximum atomic E-state index is 3.85. The van der Waals surface area contributed by atoms with Gasteiger partial charge >= 0.3 is 0 Å². The molecule has 0 atom stereocenters. The van der Waals surface area contributed by atoms with Crippen LogP contribution in [-0.2, 0) is 0 Å². The Morgan fingerprint density at radius 2 is 1.75 bits per heavy atom. The third-order valence-corrected chi connectivity index (χ3v) is 0.764. The van der Waals surface area contributed by atoms with Crippen molar-refractivity contribution in [2.24, 2.45) is 0 Å². The summed E-state index contributed by atoms with van der Waals surface area (Å²) in [4.78, 5) is 1.50. The van der Waals surface area contributed by atoms with Crippen LogP contribution in [0.5, 0.6) is 0 Å². The van der Waals surface area contributed by atoms with E-state index in [0.29, 0.717) is 0 Å². The number of rotatable bonds is 1. The van der Waals surface area contributed by atoms with Gasteiger partial charge in [0.05, 0.1) is 12.4 Å². The molecule has 0 radical (unpaired) electrons. The molecule has 0 bridgehead atoms. The van der Waals surface area contributed by atoms with Crippen LogP contribution in [0.15, 0.2) is 12.4 Å². The van der Waals surface area contributed by atoms with E-state index in [1.807, 2.05) is 14.1 Å². The Morgan fingerprint density at radius 3 is 2.00 bits per heavy atom. The van der Waals surface area contributed by atoms with E-state index >= 15 is 0 Å². The summed E-state index contributed by atoms with van der Waals surface area (Å²) in [5, 5.41) is 9.47. The molecule has 44 valence electrons. The average molecular weight is 112 g/mol. The topological polar surface area (TPSA) is 34.0 Å². The molecule has 8 heavy (non-hydrogen) atoms. The molecule has 0 aliphatic heterocycles. The van der Waals surface area contributed by atoms with Crippen LogP contribution in [0, 0.1) is 0 Å². The molecule has 1 heterocycles. The smallest absolute Gasteiger partial charge is 0.0714 e. The van der Waals surface area contributed by atoms with Crippen molar-refractivity contribution >= 4 is 0 Å². The molecule has 1 rings (SSSR count). The van der Waals surface area contributed by atoms with Crippen molar-refractivity contribution in [2.75, 3.05) is 19.1 Å². The maximum absolute atomic E-state index is 3.85. The van der Waals surface area contributed by atoms with Gasteiger partial charge in [0.25, 0.3) is 0 Å². The van der Waals surface area contributed by atoms with Crippen LogP contribution in [0.25, 0.3) is 0 Å².